The number of likely N-dealkylation sites (N-methyl/N-ethyl adjacent to an activating group) is 1. The lowest BCUT2D eigenvalue weighted by Crippen LogP contribution is -2.47. The Hall–Kier alpha value is -1.49. The van der Waals surface area contributed by atoms with Crippen molar-refractivity contribution in [1.82, 2.24) is 26.1 Å². The van der Waals surface area contributed by atoms with E-state index in [0.29, 0.717) is 35.4 Å². The maximum absolute atomic E-state index is 12.3. The number of thiazole rings is 1. The molecule has 0 spiro atoms. The van der Waals surface area contributed by atoms with Crippen LogP contribution >= 0.6 is 23.6 Å². The summed E-state index contributed by atoms with van der Waals surface area (Å²) in [7, 11) is 3.97. The molecule has 2 heterocycles. The second-order valence-electron chi connectivity index (χ2n) is 5.65. The highest BCUT2D eigenvalue weighted by Crippen LogP contribution is 2.26. The van der Waals surface area contributed by atoms with Gasteiger partial charge in [-0.05, 0) is 33.2 Å². The van der Waals surface area contributed by atoms with Crippen LogP contribution in [-0.4, -0.2) is 74.4 Å². The highest BCUT2D eigenvalue weighted by molar-refractivity contribution is 7.80. The Balaban J connectivity index is 1.83. The third-order valence-corrected chi connectivity index (χ3v) is 4.87. The number of anilines is 1. The summed E-state index contributed by atoms with van der Waals surface area (Å²) in [6.45, 7) is 6.37. The molecule has 0 unspecified atom stereocenters. The molecule has 134 valence electrons. The van der Waals surface area contributed by atoms with Crippen LogP contribution in [0.25, 0.3) is 0 Å². The lowest BCUT2D eigenvalue weighted by Gasteiger charge is -2.25. The number of nitrogens with zero attached hydrogens (tertiary/aromatic N) is 3. The molecule has 0 bridgehead atoms. The minimum atomic E-state index is -0.235. The molecule has 0 aromatic carbocycles. The van der Waals surface area contributed by atoms with Gasteiger partial charge in [0.15, 0.2) is 10.2 Å². The molecule has 0 atom stereocenters. The molecule has 8 nitrogen and oxygen atoms in total. The van der Waals surface area contributed by atoms with Crippen molar-refractivity contribution < 1.29 is 9.53 Å². The van der Waals surface area contributed by atoms with Crippen LogP contribution in [0.15, 0.2) is 0 Å². The molecule has 10 heteroatoms. The number of amides is 1. The Labute approximate surface area is 151 Å². The maximum atomic E-state index is 12.3. The van der Waals surface area contributed by atoms with Crippen molar-refractivity contribution in [2.75, 3.05) is 58.4 Å². The number of carbonyl (C=O) groups is 1. The van der Waals surface area contributed by atoms with Crippen molar-refractivity contribution in [2.24, 2.45) is 0 Å². The molecule has 0 aliphatic carbocycles. The Bertz CT molecular complexity index is 572. The van der Waals surface area contributed by atoms with Gasteiger partial charge in [0.25, 0.3) is 5.91 Å². The quantitative estimate of drug-likeness (QED) is 0.491. The van der Waals surface area contributed by atoms with Gasteiger partial charge in [-0.1, -0.05) is 11.3 Å². The largest absolute Gasteiger partial charge is 0.378 e. The fourth-order valence-corrected chi connectivity index (χ4v) is 3.26. The maximum Gasteiger partial charge on any atom is 0.281 e. The van der Waals surface area contributed by atoms with E-state index >= 15 is 0 Å². The van der Waals surface area contributed by atoms with Gasteiger partial charge in [0, 0.05) is 26.2 Å². The molecule has 1 aliphatic heterocycles. The minimum absolute atomic E-state index is 0.235. The average molecular weight is 373 g/mol. The Morgan fingerprint density at radius 2 is 2.08 bits per heavy atom. The number of carbonyl (C=O) groups excluding carboxylic acids is 1. The van der Waals surface area contributed by atoms with E-state index in [-0.39, 0.29) is 5.91 Å². The predicted octanol–water partition coefficient (Wildman–Crippen LogP) is -0.0414. The first-order valence-corrected chi connectivity index (χ1v) is 8.99. The van der Waals surface area contributed by atoms with Gasteiger partial charge in [-0.3, -0.25) is 15.6 Å². The summed E-state index contributed by atoms with van der Waals surface area (Å²) in [5.41, 5.74) is 6.05. The lowest BCUT2D eigenvalue weighted by molar-refractivity contribution is 0.0947. The van der Waals surface area contributed by atoms with Crippen molar-refractivity contribution in [3.63, 3.8) is 0 Å². The van der Waals surface area contributed by atoms with Gasteiger partial charge in [0.2, 0.25) is 0 Å². The monoisotopic (exact) mass is 372 g/mol. The van der Waals surface area contributed by atoms with Gasteiger partial charge in [0.05, 0.1) is 18.9 Å². The van der Waals surface area contributed by atoms with Crippen molar-refractivity contribution in [3.8, 4) is 0 Å². The van der Waals surface area contributed by atoms with Crippen LogP contribution in [-0.2, 0) is 4.74 Å². The molecular formula is C14H24N6O2S2. The van der Waals surface area contributed by atoms with Crippen LogP contribution in [0.3, 0.4) is 0 Å². The van der Waals surface area contributed by atoms with E-state index in [0.717, 1.165) is 24.8 Å². The molecule has 1 fully saturated rings. The summed E-state index contributed by atoms with van der Waals surface area (Å²) in [5, 5.41) is 4.27. The van der Waals surface area contributed by atoms with Crippen LogP contribution in [0.4, 0.5) is 5.13 Å². The molecule has 0 saturated carbocycles. The number of ether oxygens (including phenoxy) is 1. The third kappa shape index (κ3) is 5.55. The van der Waals surface area contributed by atoms with E-state index in [1.165, 1.54) is 11.3 Å². The van der Waals surface area contributed by atoms with Gasteiger partial charge < -0.3 is 19.9 Å². The first-order chi connectivity index (χ1) is 11.5. The normalized spacial score (nSPS) is 14.6. The zero-order chi connectivity index (χ0) is 17.5. The molecule has 2 rings (SSSR count). The van der Waals surface area contributed by atoms with Gasteiger partial charge >= 0.3 is 0 Å². The summed E-state index contributed by atoms with van der Waals surface area (Å²) in [6, 6.07) is 0. The van der Waals surface area contributed by atoms with Crippen LogP contribution < -0.4 is 21.1 Å². The molecule has 3 N–H and O–H groups in total. The Kier molecular flexibility index (Phi) is 7.16. The molecule has 1 aromatic heterocycles. The number of hydrazine groups is 1. The highest BCUT2D eigenvalue weighted by Gasteiger charge is 2.20. The van der Waals surface area contributed by atoms with Crippen molar-refractivity contribution >= 4 is 39.7 Å². The molecule has 1 aromatic rings. The fourth-order valence-electron chi connectivity index (χ4n) is 2.09. The number of hydrogen-bond donors (Lipinski definition) is 3. The summed E-state index contributed by atoms with van der Waals surface area (Å²) < 4.78 is 5.34. The van der Waals surface area contributed by atoms with Gasteiger partial charge in [-0.2, -0.15) is 0 Å². The van der Waals surface area contributed by atoms with Crippen LogP contribution in [0.2, 0.25) is 0 Å². The molecule has 24 heavy (non-hydrogen) atoms. The third-order valence-electron chi connectivity index (χ3n) is 3.41. The molecule has 1 saturated heterocycles. The summed E-state index contributed by atoms with van der Waals surface area (Å²) >= 11 is 6.51. The smallest absolute Gasteiger partial charge is 0.281 e. The van der Waals surface area contributed by atoms with Gasteiger partial charge in [-0.25, -0.2) is 4.98 Å². The SMILES string of the molecule is Cc1nc(N2CCOCC2)sc1C(=O)NNC(=S)NCCN(C)C. The number of morpholine rings is 1. The van der Waals surface area contributed by atoms with E-state index in [9.17, 15) is 4.79 Å². The van der Waals surface area contributed by atoms with Gasteiger partial charge in [0.1, 0.15) is 4.88 Å². The topological polar surface area (TPSA) is 81.8 Å². The van der Waals surface area contributed by atoms with Crippen LogP contribution in [0.1, 0.15) is 15.4 Å². The number of thiocarbonyl (C=S) groups is 1. The van der Waals surface area contributed by atoms with Crippen molar-refractivity contribution in [1.29, 1.82) is 0 Å². The Morgan fingerprint density at radius 1 is 1.38 bits per heavy atom. The number of rotatable bonds is 5. The van der Waals surface area contributed by atoms with Crippen molar-refractivity contribution in [2.45, 2.75) is 6.92 Å². The highest BCUT2D eigenvalue weighted by atomic mass is 32.1. The molecule has 1 amide bonds. The predicted molar refractivity (Wildman–Crippen MR) is 99.6 cm³/mol. The van der Waals surface area contributed by atoms with E-state index < -0.39 is 0 Å². The standard InChI is InChI=1S/C14H24N6O2S2/c1-10-11(24-14(16-10)20-6-8-22-9-7-20)12(21)17-18-13(23)15-4-5-19(2)3/h4-9H2,1-3H3,(H,17,21)(H2,15,18,23). The lowest BCUT2D eigenvalue weighted by atomic mass is 10.4. The van der Waals surface area contributed by atoms with E-state index in [2.05, 4.69) is 26.1 Å². The summed E-state index contributed by atoms with van der Waals surface area (Å²) in [6.07, 6.45) is 0. The minimum Gasteiger partial charge on any atom is -0.378 e. The number of aryl methyl sites for hydroxylation is 1. The second kappa shape index (κ2) is 9.11. The number of nitrogens with one attached hydrogen (secondary N) is 3. The zero-order valence-electron chi connectivity index (χ0n) is 14.2. The van der Waals surface area contributed by atoms with Crippen molar-refractivity contribution in [3.05, 3.63) is 10.6 Å². The molecule has 0 radical (unpaired) electrons. The Morgan fingerprint density at radius 3 is 2.75 bits per heavy atom. The van der Waals surface area contributed by atoms with Gasteiger partial charge in [-0.15, -0.1) is 0 Å². The zero-order valence-corrected chi connectivity index (χ0v) is 15.9. The first kappa shape index (κ1) is 18.8. The average Bonchev–Trinajstić information content (AvgIpc) is 2.95. The summed E-state index contributed by atoms with van der Waals surface area (Å²) in [5.74, 6) is -0.235. The van der Waals surface area contributed by atoms with E-state index in [4.69, 9.17) is 17.0 Å². The second-order valence-corrected chi connectivity index (χ2v) is 7.03. The van der Waals surface area contributed by atoms with E-state index in [1.54, 1.807) is 0 Å². The van der Waals surface area contributed by atoms with Crippen LogP contribution in [0, 0.1) is 6.92 Å². The first-order valence-electron chi connectivity index (χ1n) is 7.76. The summed E-state index contributed by atoms with van der Waals surface area (Å²) in [4.78, 5) is 21.6. The molecular weight excluding hydrogens is 348 g/mol. The molecule has 1 aliphatic rings. The fraction of sp³-hybridized carbons (Fsp3) is 0.643. The van der Waals surface area contributed by atoms with E-state index in [1.807, 2.05) is 25.9 Å². The number of hydrogen-bond acceptors (Lipinski definition) is 7. The number of aromatic nitrogens is 1. The van der Waals surface area contributed by atoms with Crippen LogP contribution in [0.5, 0.6) is 0 Å².